The highest BCUT2D eigenvalue weighted by atomic mass is 19.2. The number of hydrogen-bond acceptors (Lipinski definition) is 5. The van der Waals surface area contributed by atoms with E-state index in [4.69, 9.17) is 14.5 Å². The smallest absolute Gasteiger partial charge is 0.230 e. The number of aryl methyl sites for hydroxylation is 1. The van der Waals surface area contributed by atoms with Gasteiger partial charge in [0.1, 0.15) is 5.60 Å². The van der Waals surface area contributed by atoms with E-state index in [0.29, 0.717) is 43.8 Å². The predicted octanol–water partition coefficient (Wildman–Crippen LogP) is 4.62. The Morgan fingerprint density at radius 3 is 2.84 bits per heavy atom. The van der Waals surface area contributed by atoms with Gasteiger partial charge < -0.3 is 19.7 Å². The van der Waals surface area contributed by atoms with Gasteiger partial charge in [-0.3, -0.25) is 9.78 Å². The third-order valence-corrected chi connectivity index (χ3v) is 8.22. The zero-order chi connectivity index (χ0) is 26.3. The first-order chi connectivity index (χ1) is 18.5. The number of fused-ring (bicyclic) bond motifs is 3. The van der Waals surface area contributed by atoms with Crippen LogP contribution in [0.1, 0.15) is 48.1 Å². The van der Waals surface area contributed by atoms with E-state index in [-0.39, 0.29) is 18.6 Å². The van der Waals surface area contributed by atoms with Gasteiger partial charge in [-0.1, -0.05) is 18.2 Å². The fourth-order valence-corrected chi connectivity index (χ4v) is 6.15. The molecule has 1 aliphatic carbocycles. The number of nitrogens with one attached hydrogen (secondary N) is 1. The molecule has 1 aromatic heterocycles. The Morgan fingerprint density at radius 2 is 2.03 bits per heavy atom. The number of hydrogen-bond donors (Lipinski definition) is 1. The average molecular weight is 522 g/mol. The minimum Gasteiger partial charge on any atom is -0.385 e. The Hall–Kier alpha value is -2.94. The van der Waals surface area contributed by atoms with Crippen LogP contribution in [0, 0.1) is 17.6 Å². The fourth-order valence-electron chi connectivity index (χ4n) is 6.15. The van der Waals surface area contributed by atoms with E-state index >= 15 is 0 Å². The van der Waals surface area contributed by atoms with Gasteiger partial charge in [0.15, 0.2) is 11.6 Å². The molecule has 3 aromatic rings. The van der Waals surface area contributed by atoms with Crippen molar-refractivity contribution in [3.05, 3.63) is 76.5 Å². The van der Waals surface area contributed by atoms with Crippen LogP contribution in [0.4, 0.5) is 8.78 Å². The van der Waals surface area contributed by atoms with E-state index in [1.807, 2.05) is 23.1 Å². The summed E-state index contributed by atoms with van der Waals surface area (Å²) in [5.74, 6) is -2.32. The molecule has 38 heavy (non-hydrogen) atoms. The largest absolute Gasteiger partial charge is 0.385 e. The van der Waals surface area contributed by atoms with Crippen molar-refractivity contribution in [3.63, 3.8) is 0 Å². The molecule has 1 saturated carbocycles. The van der Waals surface area contributed by atoms with Crippen LogP contribution in [-0.4, -0.2) is 48.6 Å². The van der Waals surface area contributed by atoms with E-state index in [1.54, 1.807) is 7.11 Å². The summed E-state index contributed by atoms with van der Waals surface area (Å²) in [5, 5.41) is 4.39. The lowest BCUT2D eigenvalue weighted by Crippen LogP contribution is -2.55. The summed E-state index contributed by atoms with van der Waals surface area (Å²) in [6, 6.07) is 12.8. The van der Waals surface area contributed by atoms with Gasteiger partial charge in [0.05, 0.1) is 18.0 Å². The van der Waals surface area contributed by atoms with Crippen molar-refractivity contribution in [1.82, 2.24) is 15.2 Å². The molecular formula is C30H33F2N3O3. The molecule has 1 saturated heterocycles. The van der Waals surface area contributed by atoms with E-state index in [0.717, 1.165) is 47.8 Å². The molecule has 3 aliphatic rings. The maximum absolute atomic E-state index is 14.4. The monoisotopic (exact) mass is 521 g/mol. The van der Waals surface area contributed by atoms with Crippen molar-refractivity contribution >= 4 is 16.8 Å². The highest BCUT2D eigenvalue weighted by molar-refractivity contribution is 5.85. The molecule has 2 aliphatic heterocycles. The minimum absolute atomic E-state index is 0.000825. The number of aromatic nitrogens is 1. The van der Waals surface area contributed by atoms with Crippen molar-refractivity contribution in [3.8, 4) is 0 Å². The zero-order valence-electron chi connectivity index (χ0n) is 21.6. The lowest BCUT2D eigenvalue weighted by molar-refractivity contribution is -0.157. The summed E-state index contributed by atoms with van der Waals surface area (Å²) >= 11 is 0. The van der Waals surface area contributed by atoms with E-state index in [9.17, 15) is 13.6 Å². The van der Waals surface area contributed by atoms with Crippen molar-refractivity contribution in [1.29, 1.82) is 0 Å². The summed E-state index contributed by atoms with van der Waals surface area (Å²) in [7, 11) is 1.70. The number of carbonyl (C=O) groups excluding carboxylic acids is 1. The number of methoxy groups -OCH3 is 1. The van der Waals surface area contributed by atoms with Crippen LogP contribution in [0.15, 0.2) is 42.5 Å². The van der Waals surface area contributed by atoms with Gasteiger partial charge in [0, 0.05) is 43.9 Å². The third kappa shape index (κ3) is 4.59. The maximum atomic E-state index is 14.4. The van der Waals surface area contributed by atoms with Crippen LogP contribution < -0.4 is 5.32 Å². The second-order valence-corrected chi connectivity index (χ2v) is 10.7. The first-order valence-electron chi connectivity index (χ1n) is 13.5. The molecule has 2 unspecified atom stereocenters. The molecule has 1 N–H and O–H groups in total. The lowest BCUT2D eigenvalue weighted by atomic mass is 9.75. The molecule has 6 rings (SSSR count). The van der Waals surface area contributed by atoms with E-state index < -0.39 is 23.2 Å². The number of piperidine rings is 1. The highest BCUT2D eigenvalue weighted by Crippen LogP contribution is 2.48. The van der Waals surface area contributed by atoms with Crippen molar-refractivity contribution in [2.24, 2.45) is 5.92 Å². The topological polar surface area (TPSA) is 63.7 Å². The van der Waals surface area contributed by atoms with Crippen LogP contribution >= 0.6 is 0 Å². The van der Waals surface area contributed by atoms with Crippen molar-refractivity contribution in [2.75, 3.05) is 26.8 Å². The van der Waals surface area contributed by atoms with Crippen LogP contribution in [0.5, 0.6) is 0 Å². The molecular weight excluding hydrogens is 488 g/mol. The Kier molecular flexibility index (Phi) is 6.88. The van der Waals surface area contributed by atoms with Gasteiger partial charge in [-0.2, -0.15) is 0 Å². The Balaban J connectivity index is 1.34. The standard InChI is InChI=1S/C30H33F2N3O3/c1-37-12-4-5-21-13-19(23-6-2-3-7-28(23)34-21)17-35(22-8-9-22)29(36)25-16-33-11-10-30(25)24-15-27(32)26(31)14-20(24)18-38-30/h2-3,6-7,13-15,22,25,33H,4-5,8-12,16-18H2,1H3. The van der Waals surface area contributed by atoms with Gasteiger partial charge >= 0.3 is 0 Å². The van der Waals surface area contributed by atoms with Crippen LogP contribution in [0.2, 0.25) is 0 Å². The molecule has 200 valence electrons. The molecule has 2 fully saturated rings. The van der Waals surface area contributed by atoms with Gasteiger partial charge in [0.2, 0.25) is 5.91 Å². The predicted molar refractivity (Wildman–Crippen MR) is 139 cm³/mol. The molecule has 1 amide bonds. The second-order valence-electron chi connectivity index (χ2n) is 10.7. The van der Waals surface area contributed by atoms with Gasteiger partial charge in [-0.15, -0.1) is 0 Å². The average Bonchev–Trinajstić information content (AvgIpc) is 3.72. The number of rotatable bonds is 8. The normalized spacial score (nSPS) is 22.7. The van der Waals surface area contributed by atoms with Crippen molar-refractivity contribution in [2.45, 2.75) is 56.9 Å². The quantitative estimate of drug-likeness (QED) is 0.439. The van der Waals surface area contributed by atoms with E-state index in [2.05, 4.69) is 17.4 Å². The number of para-hydroxylation sites is 1. The summed E-state index contributed by atoms with van der Waals surface area (Å²) in [5.41, 5.74) is 3.26. The summed E-state index contributed by atoms with van der Waals surface area (Å²) in [6.45, 7) is 2.39. The van der Waals surface area contributed by atoms with Gasteiger partial charge in [0.25, 0.3) is 0 Å². The first kappa shape index (κ1) is 25.3. The maximum Gasteiger partial charge on any atom is 0.230 e. The molecule has 8 heteroatoms. The number of benzene rings is 2. The summed E-state index contributed by atoms with van der Waals surface area (Å²) in [4.78, 5) is 21.2. The third-order valence-electron chi connectivity index (χ3n) is 8.22. The first-order valence-corrected chi connectivity index (χ1v) is 13.5. The van der Waals surface area contributed by atoms with Crippen LogP contribution in [-0.2, 0) is 39.4 Å². The van der Waals surface area contributed by atoms with Crippen molar-refractivity contribution < 1.29 is 23.0 Å². The fraction of sp³-hybridized carbons (Fsp3) is 0.467. The number of carbonyl (C=O) groups is 1. The molecule has 1 spiro atoms. The highest BCUT2D eigenvalue weighted by Gasteiger charge is 2.53. The number of amides is 1. The second kappa shape index (κ2) is 10.3. The number of nitrogens with zero attached hydrogens (tertiary/aromatic N) is 2. The van der Waals surface area contributed by atoms with Gasteiger partial charge in [-0.25, -0.2) is 8.78 Å². The molecule has 3 heterocycles. The Morgan fingerprint density at radius 1 is 1.21 bits per heavy atom. The summed E-state index contributed by atoms with van der Waals surface area (Å²) < 4.78 is 39.9. The minimum atomic E-state index is -0.953. The SMILES string of the molecule is COCCCc1cc(CN(C(=O)C2CNCCC23OCc2cc(F)c(F)cc23)C2CC2)c2ccccc2n1. The lowest BCUT2D eigenvalue weighted by Gasteiger charge is -2.43. The molecule has 6 nitrogen and oxygen atoms in total. The van der Waals surface area contributed by atoms with Gasteiger partial charge in [-0.05, 0) is 79.6 Å². The Labute approximate surface area is 221 Å². The number of pyridine rings is 1. The Bertz CT molecular complexity index is 1360. The molecule has 2 aromatic carbocycles. The zero-order valence-corrected chi connectivity index (χ0v) is 21.6. The van der Waals surface area contributed by atoms with Crippen LogP contribution in [0.3, 0.4) is 0 Å². The van der Waals surface area contributed by atoms with E-state index in [1.165, 1.54) is 12.1 Å². The molecule has 0 radical (unpaired) electrons. The summed E-state index contributed by atoms with van der Waals surface area (Å²) in [6.07, 6.45) is 4.11. The molecule has 0 bridgehead atoms. The molecule has 2 atom stereocenters. The van der Waals surface area contributed by atoms with Crippen LogP contribution in [0.25, 0.3) is 10.9 Å². The number of ether oxygens (including phenoxy) is 2. The number of halogens is 2.